The van der Waals surface area contributed by atoms with Crippen LogP contribution < -0.4 is 0 Å². The minimum atomic E-state index is -1.40. The summed E-state index contributed by atoms with van der Waals surface area (Å²) < 4.78 is 23.4. The molecule has 2 aromatic rings. The van der Waals surface area contributed by atoms with Gasteiger partial charge in [0.05, 0.1) is 6.12 Å². The summed E-state index contributed by atoms with van der Waals surface area (Å²) >= 11 is 0. The summed E-state index contributed by atoms with van der Waals surface area (Å²) in [6.45, 7) is 5.54. The minimum absolute atomic E-state index is 0.0685. The van der Waals surface area contributed by atoms with Crippen LogP contribution in [0.15, 0.2) is 46.9 Å². The van der Waals surface area contributed by atoms with Crippen molar-refractivity contribution in [2.24, 2.45) is 4.40 Å². The second kappa shape index (κ2) is 5.02. The summed E-state index contributed by atoms with van der Waals surface area (Å²) in [5, 5.41) is 2.18. The fourth-order valence-electron chi connectivity index (χ4n) is 1.49. The van der Waals surface area contributed by atoms with Gasteiger partial charge in [-0.3, -0.25) is 0 Å². The number of hydrogen-bond acceptors (Lipinski definition) is 1. The van der Waals surface area contributed by atoms with Crippen LogP contribution in [0, 0.1) is 0 Å². The van der Waals surface area contributed by atoms with Crippen molar-refractivity contribution in [3.63, 3.8) is 0 Å². The lowest BCUT2D eigenvalue weighted by atomic mass is 10.1. The van der Waals surface area contributed by atoms with E-state index in [1.807, 2.05) is 63.2 Å². The zero-order valence-corrected chi connectivity index (χ0v) is 11.6. The Morgan fingerprint density at radius 1 is 1.17 bits per heavy atom. The molecule has 0 aromatic heterocycles. The third-order valence-electron chi connectivity index (χ3n) is 2.53. The molecule has 0 heterocycles. The third-order valence-corrected chi connectivity index (χ3v) is 3.84. The number of nitrogens with zero attached hydrogens (tertiary/aromatic N) is 1. The first-order valence-corrected chi connectivity index (χ1v) is 6.95. The molecule has 0 N–H and O–H groups in total. The molecule has 3 heteroatoms. The van der Waals surface area contributed by atoms with Crippen molar-refractivity contribution in [3.05, 3.63) is 48.0 Å². The Kier molecular flexibility index (Phi) is 3.24. The smallest absolute Gasteiger partial charge is 0.144 e. The molecule has 1 unspecified atom stereocenters. The predicted molar refractivity (Wildman–Crippen MR) is 79.4 cm³/mol. The fraction of sp³-hybridized carbons (Fsp3) is 0.267. The molecule has 0 saturated carbocycles. The van der Waals surface area contributed by atoms with Crippen molar-refractivity contribution in [1.29, 1.82) is 0 Å². The molecule has 2 nitrogen and oxygen atoms in total. The predicted octanol–water partition coefficient (Wildman–Crippen LogP) is 3.72. The zero-order valence-electron chi connectivity index (χ0n) is 11.8. The molecular weight excluding hydrogens is 242 g/mol. The van der Waals surface area contributed by atoms with E-state index in [9.17, 15) is 4.21 Å². The van der Waals surface area contributed by atoms with Gasteiger partial charge < -0.3 is 0 Å². The number of rotatable bonds is 2. The molecule has 2 aromatic carbocycles. The largest absolute Gasteiger partial charge is 0.234 e. The second-order valence-electron chi connectivity index (χ2n) is 5.13. The molecule has 2 rings (SSSR count). The Morgan fingerprint density at radius 2 is 1.83 bits per heavy atom. The topological polar surface area (TPSA) is 29.4 Å². The number of benzene rings is 2. The maximum atomic E-state index is 11.9. The monoisotopic (exact) mass is 260 g/mol. The molecule has 0 spiro atoms. The molecule has 0 aliphatic carbocycles. The normalized spacial score (nSPS) is 15.5. The van der Waals surface area contributed by atoms with Crippen LogP contribution in [0.1, 0.15) is 27.7 Å². The average molecular weight is 260 g/mol. The molecule has 0 amide bonds. The standard InChI is InChI=1S/C15H17NOS/c1-15(2,3)18(17)16-11-12-8-9-13-6-4-5-7-14(13)10-12/h4-11H,1-3H3/b16-11+/i11D. The van der Waals surface area contributed by atoms with Gasteiger partial charge >= 0.3 is 0 Å². The molecular formula is C15H17NOS. The summed E-state index contributed by atoms with van der Waals surface area (Å²) in [5.74, 6) is 0. The fourth-order valence-corrected chi connectivity index (χ4v) is 1.95. The maximum absolute atomic E-state index is 11.9. The van der Waals surface area contributed by atoms with Crippen molar-refractivity contribution in [3.8, 4) is 0 Å². The molecule has 18 heavy (non-hydrogen) atoms. The van der Waals surface area contributed by atoms with E-state index in [1.54, 1.807) is 0 Å². The van der Waals surface area contributed by atoms with Crippen LogP contribution in [-0.4, -0.2) is 15.1 Å². The van der Waals surface area contributed by atoms with Crippen molar-refractivity contribution in [2.45, 2.75) is 25.5 Å². The first-order chi connectivity index (χ1) is 8.88. The van der Waals surface area contributed by atoms with Gasteiger partial charge in [0.25, 0.3) is 0 Å². The van der Waals surface area contributed by atoms with Gasteiger partial charge in [-0.2, -0.15) is 4.40 Å². The highest BCUT2D eigenvalue weighted by atomic mass is 32.2. The van der Waals surface area contributed by atoms with Crippen LogP contribution in [0.3, 0.4) is 0 Å². The van der Waals surface area contributed by atoms with E-state index in [1.165, 1.54) is 0 Å². The first kappa shape index (κ1) is 11.6. The summed E-state index contributed by atoms with van der Waals surface area (Å²) in [6, 6.07) is 13.6. The van der Waals surface area contributed by atoms with Crippen LogP contribution in [0.4, 0.5) is 0 Å². The van der Waals surface area contributed by atoms with Gasteiger partial charge in [-0.05, 0) is 43.2 Å². The van der Waals surface area contributed by atoms with Crippen LogP contribution >= 0.6 is 0 Å². The van der Waals surface area contributed by atoms with E-state index in [-0.39, 0.29) is 6.19 Å². The summed E-state index contributed by atoms with van der Waals surface area (Å²) in [4.78, 5) is 0. The maximum Gasteiger partial charge on any atom is 0.144 e. The number of hydrogen-bond donors (Lipinski definition) is 0. The Balaban J connectivity index is 2.39. The first-order valence-electron chi connectivity index (χ1n) is 6.34. The molecule has 0 aliphatic heterocycles. The minimum Gasteiger partial charge on any atom is -0.234 e. The number of fused-ring (bicyclic) bond motifs is 1. The summed E-state index contributed by atoms with van der Waals surface area (Å²) in [5.41, 5.74) is 0.691. The van der Waals surface area contributed by atoms with Crippen molar-refractivity contribution >= 4 is 27.9 Å². The van der Waals surface area contributed by atoms with E-state index in [0.717, 1.165) is 10.8 Å². The Bertz CT molecular complexity index is 658. The van der Waals surface area contributed by atoms with Gasteiger partial charge in [-0.15, -0.1) is 0 Å². The highest BCUT2D eigenvalue weighted by Gasteiger charge is 2.17. The Hall–Kier alpha value is -1.48. The summed E-state index contributed by atoms with van der Waals surface area (Å²) in [6.07, 6.45) is 0.0685. The lowest BCUT2D eigenvalue weighted by Gasteiger charge is -2.12. The average Bonchev–Trinajstić information content (AvgIpc) is 2.37. The second-order valence-corrected chi connectivity index (χ2v) is 7.03. The van der Waals surface area contributed by atoms with E-state index < -0.39 is 15.7 Å². The third kappa shape index (κ3) is 3.05. The van der Waals surface area contributed by atoms with Crippen molar-refractivity contribution in [1.82, 2.24) is 0 Å². The Labute approximate surface area is 112 Å². The lowest BCUT2D eigenvalue weighted by molar-refractivity contribution is 0.651. The summed E-state index contributed by atoms with van der Waals surface area (Å²) in [7, 11) is -1.40. The lowest BCUT2D eigenvalue weighted by Crippen LogP contribution is -2.19. The molecule has 0 aliphatic rings. The van der Waals surface area contributed by atoms with E-state index in [2.05, 4.69) is 4.40 Å². The molecule has 0 fully saturated rings. The Morgan fingerprint density at radius 3 is 2.50 bits per heavy atom. The van der Waals surface area contributed by atoms with Crippen LogP contribution in [0.5, 0.6) is 0 Å². The van der Waals surface area contributed by atoms with Crippen LogP contribution in [0.25, 0.3) is 10.8 Å². The van der Waals surface area contributed by atoms with E-state index >= 15 is 0 Å². The highest BCUT2D eigenvalue weighted by molar-refractivity contribution is 7.85. The zero-order chi connectivity index (χ0) is 14.0. The van der Waals surface area contributed by atoms with Crippen molar-refractivity contribution < 1.29 is 5.58 Å². The van der Waals surface area contributed by atoms with Gasteiger partial charge in [0.15, 0.2) is 0 Å². The van der Waals surface area contributed by atoms with Crippen molar-refractivity contribution in [2.75, 3.05) is 0 Å². The molecule has 0 radical (unpaired) electrons. The van der Waals surface area contributed by atoms with E-state index in [4.69, 9.17) is 1.37 Å². The quantitative estimate of drug-likeness (QED) is 0.757. The van der Waals surface area contributed by atoms with Crippen LogP contribution in [-0.2, 0) is 11.0 Å². The molecule has 0 saturated heterocycles. The van der Waals surface area contributed by atoms with Gasteiger partial charge in [0.1, 0.15) is 11.0 Å². The van der Waals surface area contributed by atoms with Gasteiger partial charge in [-0.1, -0.05) is 36.4 Å². The van der Waals surface area contributed by atoms with Gasteiger partial charge in [-0.25, -0.2) is 4.21 Å². The highest BCUT2D eigenvalue weighted by Crippen LogP contribution is 2.16. The van der Waals surface area contributed by atoms with Gasteiger partial charge in [0.2, 0.25) is 0 Å². The van der Waals surface area contributed by atoms with Crippen LogP contribution in [0.2, 0.25) is 0 Å². The molecule has 1 atom stereocenters. The molecule has 94 valence electrons. The molecule has 0 bridgehead atoms. The van der Waals surface area contributed by atoms with Gasteiger partial charge in [0, 0.05) is 6.19 Å². The SMILES string of the molecule is [2H]/C(=N\S(=O)C(C)(C)C)c1ccc2ccccc2c1. The van der Waals surface area contributed by atoms with E-state index in [0.29, 0.717) is 5.56 Å².